The Hall–Kier alpha value is -3.22. The molecule has 202 valence electrons. The van der Waals surface area contributed by atoms with Gasteiger partial charge in [-0.3, -0.25) is 9.59 Å². The summed E-state index contributed by atoms with van der Waals surface area (Å²) in [6.45, 7) is 2.59. The van der Waals surface area contributed by atoms with Crippen molar-refractivity contribution in [1.82, 2.24) is 0 Å². The first-order chi connectivity index (χ1) is 18.3. The minimum Gasteiger partial charge on any atom is -0.496 e. The molecule has 0 fully saturated rings. The number of hydrogen-bond acceptors (Lipinski definition) is 5. The Balaban J connectivity index is 1.65. The fourth-order valence-electron chi connectivity index (χ4n) is 4.07. The summed E-state index contributed by atoms with van der Waals surface area (Å²) >= 11 is 12.4. The Kier molecular flexibility index (Phi) is 11.3. The van der Waals surface area contributed by atoms with Crippen molar-refractivity contribution in [3.8, 4) is 22.6 Å². The number of carboxylic acid groups (broad SMARTS) is 1. The summed E-state index contributed by atoms with van der Waals surface area (Å²) < 4.78 is 11.8. The fourth-order valence-corrected chi connectivity index (χ4v) is 4.58. The zero-order valence-electron chi connectivity index (χ0n) is 21.6. The fraction of sp³-hybridized carbons (Fsp3) is 0.333. The van der Waals surface area contributed by atoms with Crippen LogP contribution in [-0.2, 0) is 4.79 Å². The van der Waals surface area contributed by atoms with E-state index in [1.54, 1.807) is 31.4 Å². The van der Waals surface area contributed by atoms with Crippen LogP contribution in [0.2, 0.25) is 10.0 Å². The van der Waals surface area contributed by atoms with Crippen LogP contribution in [0.3, 0.4) is 0 Å². The van der Waals surface area contributed by atoms with Gasteiger partial charge in [0.25, 0.3) is 0 Å². The predicted octanol–water partition coefficient (Wildman–Crippen LogP) is 8.16. The number of unbranched alkanes of at least 4 members (excludes halogenated alkanes) is 1. The Morgan fingerprint density at radius 3 is 2.34 bits per heavy atom. The number of methoxy groups -OCH3 is 1. The molecule has 8 heteroatoms. The van der Waals surface area contributed by atoms with E-state index in [-0.39, 0.29) is 24.7 Å². The molecule has 0 saturated heterocycles. The molecule has 38 heavy (non-hydrogen) atoms. The van der Waals surface area contributed by atoms with Crippen molar-refractivity contribution >= 4 is 40.6 Å². The summed E-state index contributed by atoms with van der Waals surface area (Å²) in [4.78, 5) is 23.0. The van der Waals surface area contributed by atoms with Crippen molar-refractivity contribution in [2.45, 2.75) is 51.5 Å². The molecule has 0 radical (unpaired) electrons. The lowest BCUT2D eigenvalue weighted by molar-refractivity contribution is -0.137. The number of nitrogens with one attached hydrogen (secondary N) is 1. The number of hydrogen-bond donors (Lipinski definition) is 2. The second-order valence-corrected chi connectivity index (χ2v) is 9.87. The molecule has 0 aliphatic heterocycles. The average molecular weight is 559 g/mol. The lowest BCUT2D eigenvalue weighted by Gasteiger charge is -2.21. The Labute approximate surface area is 233 Å². The minimum absolute atomic E-state index is 0.00599. The van der Waals surface area contributed by atoms with E-state index in [1.807, 2.05) is 36.4 Å². The first kappa shape index (κ1) is 29.3. The highest BCUT2D eigenvalue weighted by molar-refractivity contribution is 6.36. The Morgan fingerprint density at radius 1 is 0.947 bits per heavy atom. The van der Waals surface area contributed by atoms with E-state index in [4.69, 9.17) is 37.8 Å². The van der Waals surface area contributed by atoms with Gasteiger partial charge < -0.3 is 19.9 Å². The van der Waals surface area contributed by atoms with Crippen LogP contribution in [0.25, 0.3) is 11.1 Å². The number of carboxylic acids is 1. The summed E-state index contributed by atoms with van der Waals surface area (Å²) in [5.41, 5.74) is 3.14. The van der Waals surface area contributed by atoms with Crippen molar-refractivity contribution in [2.75, 3.05) is 19.0 Å². The molecular weight excluding hydrogens is 525 g/mol. The molecule has 0 amide bonds. The normalized spacial score (nSPS) is 11.6. The molecule has 0 bridgehead atoms. The molecular formula is C30H33Cl2NO5. The number of anilines is 1. The highest BCUT2D eigenvalue weighted by atomic mass is 35.5. The van der Waals surface area contributed by atoms with Gasteiger partial charge in [-0.1, -0.05) is 49.0 Å². The number of halogens is 2. The van der Waals surface area contributed by atoms with Gasteiger partial charge in [0.15, 0.2) is 5.78 Å². The van der Waals surface area contributed by atoms with Gasteiger partial charge in [0.1, 0.15) is 18.1 Å². The highest BCUT2D eigenvalue weighted by Crippen LogP contribution is 2.38. The SMILES string of the molecule is CCCC[C@@H](COc1ccc(-c2ccc(Cl)cc2Cl)c(OC)c1)Nc1ccc(C(=O)CCCC(=O)O)cc1. The molecule has 0 heterocycles. The number of carbonyl (C=O) groups excluding carboxylic acids is 1. The van der Waals surface area contributed by atoms with E-state index in [0.717, 1.165) is 36.1 Å². The Morgan fingerprint density at radius 2 is 1.68 bits per heavy atom. The molecule has 0 unspecified atom stereocenters. The topological polar surface area (TPSA) is 84.9 Å². The van der Waals surface area contributed by atoms with Crippen LogP contribution in [-0.4, -0.2) is 36.6 Å². The van der Waals surface area contributed by atoms with Gasteiger partial charge in [-0.2, -0.15) is 0 Å². The molecule has 0 spiro atoms. The van der Waals surface area contributed by atoms with Crippen LogP contribution < -0.4 is 14.8 Å². The van der Waals surface area contributed by atoms with Crippen molar-refractivity contribution < 1.29 is 24.2 Å². The van der Waals surface area contributed by atoms with Gasteiger partial charge in [-0.05, 0) is 61.4 Å². The third kappa shape index (κ3) is 8.67. The van der Waals surface area contributed by atoms with Crippen LogP contribution in [0, 0.1) is 0 Å². The lowest BCUT2D eigenvalue weighted by atomic mass is 10.0. The quantitative estimate of drug-likeness (QED) is 0.183. The summed E-state index contributed by atoms with van der Waals surface area (Å²) in [5, 5.41) is 13.4. The van der Waals surface area contributed by atoms with E-state index in [0.29, 0.717) is 40.1 Å². The molecule has 2 N–H and O–H groups in total. The molecule has 1 atom stereocenters. The number of Topliss-reactive ketones (excluding diaryl/α,β-unsaturated/α-hetero) is 1. The second kappa shape index (κ2) is 14.6. The van der Waals surface area contributed by atoms with E-state index < -0.39 is 5.97 Å². The molecule has 0 aliphatic rings. The van der Waals surface area contributed by atoms with Crippen LogP contribution in [0.5, 0.6) is 11.5 Å². The molecule has 3 aromatic carbocycles. The highest BCUT2D eigenvalue weighted by Gasteiger charge is 2.14. The van der Waals surface area contributed by atoms with Crippen molar-refractivity contribution in [3.63, 3.8) is 0 Å². The van der Waals surface area contributed by atoms with Crippen molar-refractivity contribution in [1.29, 1.82) is 0 Å². The maximum atomic E-state index is 12.3. The maximum absolute atomic E-state index is 12.3. The van der Waals surface area contributed by atoms with Crippen LogP contribution in [0.15, 0.2) is 60.7 Å². The molecule has 0 aromatic heterocycles. The second-order valence-electron chi connectivity index (χ2n) is 9.03. The zero-order chi connectivity index (χ0) is 27.5. The maximum Gasteiger partial charge on any atom is 0.303 e. The monoisotopic (exact) mass is 557 g/mol. The first-order valence-electron chi connectivity index (χ1n) is 12.7. The number of carbonyl (C=O) groups is 2. The molecule has 0 saturated carbocycles. The molecule has 3 rings (SSSR count). The van der Waals surface area contributed by atoms with Gasteiger partial charge in [0, 0.05) is 46.3 Å². The Bertz CT molecular complexity index is 1230. The van der Waals surface area contributed by atoms with Gasteiger partial charge in [0.2, 0.25) is 0 Å². The minimum atomic E-state index is -0.891. The van der Waals surface area contributed by atoms with Crippen LogP contribution in [0.1, 0.15) is 55.8 Å². The number of benzene rings is 3. The summed E-state index contributed by atoms with van der Waals surface area (Å²) in [6.07, 6.45) is 3.57. The lowest BCUT2D eigenvalue weighted by Crippen LogP contribution is -2.27. The number of aliphatic carboxylic acids is 1. The van der Waals surface area contributed by atoms with Crippen molar-refractivity contribution in [3.05, 3.63) is 76.3 Å². The predicted molar refractivity (Wildman–Crippen MR) is 153 cm³/mol. The third-order valence-electron chi connectivity index (χ3n) is 6.12. The van der Waals surface area contributed by atoms with E-state index >= 15 is 0 Å². The van der Waals surface area contributed by atoms with Gasteiger partial charge in [-0.25, -0.2) is 0 Å². The van der Waals surface area contributed by atoms with Crippen molar-refractivity contribution in [2.24, 2.45) is 0 Å². The molecule has 0 aliphatic carbocycles. The summed E-state index contributed by atoms with van der Waals surface area (Å²) in [7, 11) is 1.61. The van der Waals surface area contributed by atoms with Gasteiger partial charge in [-0.15, -0.1) is 0 Å². The van der Waals surface area contributed by atoms with Gasteiger partial charge in [0.05, 0.1) is 18.2 Å². The summed E-state index contributed by atoms with van der Waals surface area (Å²) in [5.74, 6) is 0.383. The van der Waals surface area contributed by atoms with E-state index in [2.05, 4.69) is 12.2 Å². The smallest absolute Gasteiger partial charge is 0.303 e. The number of ketones is 1. The van der Waals surface area contributed by atoms with Crippen LogP contribution in [0.4, 0.5) is 5.69 Å². The standard InChI is InChI=1S/C30H33Cl2NO5/c1-3-4-6-23(33-22-12-9-20(10-13-22)28(34)7-5-8-30(35)36)19-38-24-14-16-26(29(18-24)37-2)25-15-11-21(31)17-27(25)32/h9-18,23,33H,3-8,19H2,1-2H3,(H,35,36)/t23-/m0/s1. The average Bonchev–Trinajstić information content (AvgIpc) is 2.90. The van der Waals surface area contributed by atoms with Gasteiger partial charge >= 0.3 is 5.97 Å². The summed E-state index contributed by atoms with van der Waals surface area (Å²) in [6, 6.07) is 18.4. The molecule has 6 nitrogen and oxygen atoms in total. The largest absolute Gasteiger partial charge is 0.496 e. The zero-order valence-corrected chi connectivity index (χ0v) is 23.1. The first-order valence-corrected chi connectivity index (χ1v) is 13.4. The van der Waals surface area contributed by atoms with Crippen LogP contribution >= 0.6 is 23.2 Å². The number of rotatable bonds is 15. The number of ether oxygens (including phenoxy) is 2. The third-order valence-corrected chi connectivity index (χ3v) is 6.67. The van der Waals surface area contributed by atoms with E-state index in [9.17, 15) is 9.59 Å². The molecule has 3 aromatic rings. The van der Waals surface area contributed by atoms with E-state index in [1.165, 1.54) is 0 Å².